The molecule has 0 aliphatic heterocycles. The second-order valence-electron chi connectivity index (χ2n) is 5.25. The summed E-state index contributed by atoms with van der Waals surface area (Å²) >= 11 is 12.0. The Kier molecular flexibility index (Phi) is 7.18. The quantitative estimate of drug-likeness (QED) is 0.708. The molecular formula is C19H19Cl2NO4. The monoisotopic (exact) mass is 395 g/mol. The summed E-state index contributed by atoms with van der Waals surface area (Å²) < 4.78 is 15.9. The summed E-state index contributed by atoms with van der Waals surface area (Å²) in [4.78, 5) is 12.1. The Morgan fingerprint density at radius 2 is 1.69 bits per heavy atom. The van der Waals surface area contributed by atoms with Crippen molar-refractivity contribution in [3.8, 4) is 17.2 Å². The molecule has 0 aliphatic carbocycles. The van der Waals surface area contributed by atoms with Crippen molar-refractivity contribution in [1.82, 2.24) is 5.32 Å². The fraction of sp³-hybridized carbons (Fsp3) is 0.211. The number of nitrogens with one attached hydrogen (secondary N) is 1. The highest BCUT2D eigenvalue weighted by molar-refractivity contribution is 6.34. The molecule has 0 bridgehead atoms. The molecule has 1 amide bonds. The topological polar surface area (TPSA) is 56.8 Å². The van der Waals surface area contributed by atoms with Crippen LogP contribution in [0.15, 0.2) is 36.4 Å². The van der Waals surface area contributed by atoms with Gasteiger partial charge in [-0.15, -0.1) is 0 Å². The number of carbonyl (C=O) groups is 1. The molecule has 0 aromatic heterocycles. The maximum Gasteiger partial charge on any atom is 0.244 e. The summed E-state index contributed by atoms with van der Waals surface area (Å²) in [5.41, 5.74) is 1.48. The van der Waals surface area contributed by atoms with Crippen molar-refractivity contribution >= 4 is 35.2 Å². The van der Waals surface area contributed by atoms with Crippen molar-refractivity contribution in [2.75, 3.05) is 21.3 Å². The SMILES string of the molecule is COc1cc(CNC(=O)/C=C/c2cc(Cl)ccc2Cl)cc(OC)c1OC. The van der Waals surface area contributed by atoms with Crippen molar-refractivity contribution in [2.24, 2.45) is 0 Å². The highest BCUT2D eigenvalue weighted by Crippen LogP contribution is 2.38. The summed E-state index contributed by atoms with van der Waals surface area (Å²) in [5, 5.41) is 3.85. The Hall–Kier alpha value is -2.37. The van der Waals surface area contributed by atoms with Crippen LogP contribution in [0.3, 0.4) is 0 Å². The van der Waals surface area contributed by atoms with E-state index < -0.39 is 0 Å². The number of halogens is 2. The van der Waals surface area contributed by atoms with Gasteiger partial charge in [0.1, 0.15) is 0 Å². The number of hydrogen-bond donors (Lipinski definition) is 1. The van der Waals surface area contributed by atoms with Gasteiger partial charge in [0.2, 0.25) is 11.7 Å². The molecule has 0 atom stereocenters. The van der Waals surface area contributed by atoms with E-state index in [2.05, 4.69) is 5.32 Å². The van der Waals surface area contributed by atoms with Gasteiger partial charge in [-0.05, 0) is 47.5 Å². The van der Waals surface area contributed by atoms with E-state index in [0.717, 1.165) is 5.56 Å². The highest BCUT2D eigenvalue weighted by Gasteiger charge is 2.13. The van der Waals surface area contributed by atoms with Gasteiger partial charge in [-0.1, -0.05) is 23.2 Å². The van der Waals surface area contributed by atoms with Gasteiger partial charge in [0.05, 0.1) is 21.3 Å². The zero-order valence-electron chi connectivity index (χ0n) is 14.6. The molecule has 0 aliphatic rings. The minimum Gasteiger partial charge on any atom is -0.493 e. The standard InChI is InChI=1S/C19H19Cl2NO4/c1-24-16-8-12(9-17(25-2)19(16)26-3)11-22-18(23)7-4-13-10-14(20)5-6-15(13)21/h4-10H,11H2,1-3H3,(H,22,23)/b7-4+. The van der Waals surface area contributed by atoms with Gasteiger partial charge < -0.3 is 19.5 Å². The molecule has 1 N–H and O–H groups in total. The van der Waals surface area contributed by atoms with Gasteiger partial charge in [-0.2, -0.15) is 0 Å². The molecule has 0 saturated heterocycles. The minimum atomic E-state index is -0.269. The minimum absolute atomic E-state index is 0.269. The summed E-state index contributed by atoms with van der Waals surface area (Å²) in [6, 6.07) is 8.61. The fourth-order valence-electron chi connectivity index (χ4n) is 2.29. The second-order valence-corrected chi connectivity index (χ2v) is 6.09. The summed E-state index contributed by atoms with van der Waals surface area (Å²) in [6.07, 6.45) is 3.01. The summed E-state index contributed by atoms with van der Waals surface area (Å²) in [7, 11) is 4.61. The van der Waals surface area contributed by atoms with E-state index in [1.54, 1.807) is 36.4 Å². The summed E-state index contributed by atoms with van der Waals surface area (Å²) in [5.74, 6) is 1.28. The zero-order chi connectivity index (χ0) is 19.1. The Balaban J connectivity index is 2.07. The number of hydrogen-bond acceptors (Lipinski definition) is 4. The zero-order valence-corrected chi connectivity index (χ0v) is 16.1. The van der Waals surface area contributed by atoms with E-state index in [1.807, 2.05) is 0 Å². The average Bonchev–Trinajstić information content (AvgIpc) is 2.65. The van der Waals surface area contributed by atoms with Crippen LogP contribution >= 0.6 is 23.2 Å². The molecule has 5 nitrogen and oxygen atoms in total. The lowest BCUT2D eigenvalue weighted by Gasteiger charge is -2.14. The first-order valence-electron chi connectivity index (χ1n) is 7.68. The molecule has 7 heteroatoms. The molecule has 26 heavy (non-hydrogen) atoms. The largest absolute Gasteiger partial charge is 0.493 e. The number of carbonyl (C=O) groups excluding carboxylic acids is 1. The third-order valence-electron chi connectivity index (χ3n) is 3.56. The van der Waals surface area contributed by atoms with E-state index in [-0.39, 0.29) is 5.91 Å². The lowest BCUT2D eigenvalue weighted by Crippen LogP contribution is -2.20. The molecule has 2 rings (SSSR count). The van der Waals surface area contributed by atoms with Crippen LogP contribution in [0, 0.1) is 0 Å². The van der Waals surface area contributed by atoms with Crippen molar-refractivity contribution in [1.29, 1.82) is 0 Å². The molecule has 0 spiro atoms. The molecule has 0 unspecified atom stereocenters. The van der Waals surface area contributed by atoms with Crippen LogP contribution in [0.5, 0.6) is 17.2 Å². The molecule has 2 aromatic carbocycles. The molecule has 0 radical (unpaired) electrons. The van der Waals surface area contributed by atoms with Gasteiger partial charge >= 0.3 is 0 Å². The number of methoxy groups -OCH3 is 3. The Morgan fingerprint density at radius 1 is 1.04 bits per heavy atom. The van der Waals surface area contributed by atoms with Gasteiger partial charge in [-0.3, -0.25) is 4.79 Å². The number of amides is 1. The maximum absolute atomic E-state index is 12.1. The van der Waals surface area contributed by atoms with Gasteiger partial charge in [0.15, 0.2) is 11.5 Å². The maximum atomic E-state index is 12.1. The third kappa shape index (κ3) is 5.07. The van der Waals surface area contributed by atoms with Crippen LogP contribution in [0.2, 0.25) is 10.0 Å². The normalized spacial score (nSPS) is 10.7. The van der Waals surface area contributed by atoms with E-state index >= 15 is 0 Å². The van der Waals surface area contributed by atoms with Crippen LogP contribution in [0.4, 0.5) is 0 Å². The predicted molar refractivity (Wildman–Crippen MR) is 103 cm³/mol. The van der Waals surface area contributed by atoms with Crippen molar-refractivity contribution in [2.45, 2.75) is 6.54 Å². The number of rotatable bonds is 7. The van der Waals surface area contributed by atoms with Crippen LogP contribution < -0.4 is 19.5 Å². The Labute approximate surface area is 162 Å². The van der Waals surface area contributed by atoms with E-state index in [4.69, 9.17) is 37.4 Å². The first kappa shape index (κ1) is 19.9. The third-order valence-corrected chi connectivity index (χ3v) is 4.14. The van der Waals surface area contributed by atoms with E-state index in [1.165, 1.54) is 27.4 Å². The van der Waals surface area contributed by atoms with E-state index in [9.17, 15) is 4.79 Å². The van der Waals surface area contributed by atoms with Crippen LogP contribution in [0.25, 0.3) is 6.08 Å². The highest BCUT2D eigenvalue weighted by atomic mass is 35.5. The van der Waals surface area contributed by atoms with Crippen LogP contribution in [-0.4, -0.2) is 27.2 Å². The lowest BCUT2D eigenvalue weighted by atomic mass is 10.1. The van der Waals surface area contributed by atoms with Gasteiger partial charge in [0.25, 0.3) is 0 Å². The Morgan fingerprint density at radius 3 is 2.27 bits per heavy atom. The first-order valence-corrected chi connectivity index (χ1v) is 8.44. The number of benzene rings is 2. The fourth-order valence-corrected chi connectivity index (χ4v) is 2.65. The summed E-state index contributed by atoms with van der Waals surface area (Å²) in [6.45, 7) is 0.295. The van der Waals surface area contributed by atoms with Crippen molar-refractivity contribution < 1.29 is 19.0 Å². The second kappa shape index (κ2) is 9.36. The van der Waals surface area contributed by atoms with Crippen molar-refractivity contribution in [3.63, 3.8) is 0 Å². The molecule has 138 valence electrons. The molecule has 2 aromatic rings. The average molecular weight is 396 g/mol. The van der Waals surface area contributed by atoms with Gasteiger partial charge in [-0.25, -0.2) is 0 Å². The molecular weight excluding hydrogens is 377 g/mol. The predicted octanol–water partition coefficient (Wildman–Crippen LogP) is 4.35. The number of ether oxygens (including phenoxy) is 3. The molecule has 0 heterocycles. The van der Waals surface area contributed by atoms with E-state index in [0.29, 0.717) is 39.4 Å². The van der Waals surface area contributed by atoms with Crippen molar-refractivity contribution in [3.05, 3.63) is 57.6 Å². The van der Waals surface area contributed by atoms with Crippen LogP contribution in [0.1, 0.15) is 11.1 Å². The molecule has 0 saturated carbocycles. The molecule has 0 fully saturated rings. The lowest BCUT2D eigenvalue weighted by molar-refractivity contribution is -0.116. The Bertz CT molecular complexity index is 796. The smallest absolute Gasteiger partial charge is 0.244 e. The first-order chi connectivity index (χ1) is 12.5. The van der Waals surface area contributed by atoms with Crippen LogP contribution in [-0.2, 0) is 11.3 Å². The van der Waals surface area contributed by atoms with Gasteiger partial charge in [0, 0.05) is 22.7 Å².